The van der Waals surface area contributed by atoms with Crippen LogP contribution >= 0.6 is 0 Å². The predicted molar refractivity (Wildman–Crippen MR) is 74.0 cm³/mol. The van der Waals surface area contributed by atoms with E-state index in [2.05, 4.69) is 4.98 Å². The van der Waals surface area contributed by atoms with Gasteiger partial charge in [0.05, 0.1) is 23.7 Å². The first-order valence-electron chi connectivity index (χ1n) is 6.25. The number of nitrogens with zero attached hydrogens (tertiary/aromatic N) is 2. The number of hydrogen-bond acceptors (Lipinski definition) is 3. The van der Waals surface area contributed by atoms with Crippen molar-refractivity contribution in [3.8, 4) is 0 Å². The summed E-state index contributed by atoms with van der Waals surface area (Å²) < 4.78 is 13.2. The van der Waals surface area contributed by atoms with E-state index >= 15 is 0 Å². The van der Waals surface area contributed by atoms with Gasteiger partial charge in [0.2, 0.25) is 0 Å². The summed E-state index contributed by atoms with van der Waals surface area (Å²) >= 11 is 0. The van der Waals surface area contributed by atoms with Crippen LogP contribution in [0.3, 0.4) is 0 Å². The van der Waals surface area contributed by atoms with Crippen LogP contribution in [0.2, 0.25) is 0 Å². The fourth-order valence-electron chi connectivity index (χ4n) is 1.84. The summed E-state index contributed by atoms with van der Waals surface area (Å²) in [6.45, 7) is 1.90. The zero-order valence-corrected chi connectivity index (χ0v) is 11.0. The van der Waals surface area contributed by atoms with Crippen LogP contribution < -0.4 is 4.90 Å². The first-order chi connectivity index (χ1) is 9.11. The van der Waals surface area contributed by atoms with Gasteiger partial charge >= 0.3 is 0 Å². The van der Waals surface area contributed by atoms with E-state index in [-0.39, 0.29) is 5.82 Å². The van der Waals surface area contributed by atoms with Gasteiger partial charge in [0.25, 0.3) is 0 Å². The Bertz CT molecular complexity index is 542. The molecule has 0 bridgehead atoms. The van der Waals surface area contributed by atoms with Crippen LogP contribution in [0.1, 0.15) is 25.1 Å². The Kier molecular flexibility index (Phi) is 4.12. The van der Waals surface area contributed by atoms with Crippen molar-refractivity contribution in [2.24, 2.45) is 0 Å². The Balaban J connectivity index is 2.22. The summed E-state index contributed by atoms with van der Waals surface area (Å²) in [7, 11) is 1.85. The number of aliphatic hydroxyl groups excluding tert-OH is 1. The maximum atomic E-state index is 13.2. The van der Waals surface area contributed by atoms with Crippen molar-refractivity contribution in [2.45, 2.75) is 19.4 Å². The molecule has 1 atom stereocenters. The Hall–Kier alpha value is -1.94. The molecule has 0 unspecified atom stereocenters. The van der Waals surface area contributed by atoms with E-state index in [4.69, 9.17) is 0 Å². The van der Waals surface area contributed by atoms with Crippen molar-refractivity contribution >= 4 is 11.4 Å². The first kappa shape index (κ1) is 13.5. The van der Waals surface area contributed by atoms with Gasteiger partial charge in [-0.05, 0) is 36.8 Å². The van der Waals surface area contributed by atoms with E-state index in [1.54, 1.807) is 18.3 Å². The maximum absolute atomic E-state index is 13.2. The third-order valence-electron chi connectivity index (χ3n) is 3.08. The van der Waals surface area contributed by atoms with Gasteiger partial charge in [0, 0.05) is 12.7 Å². The largest absolute Gasteiger partial charge is 0.387 e. The number of aliphatic hydroxyl groups is 1. The zero-order chi connectivity index (χ0) is 13.8. The zero-order valence-electron chi connectivity index (χ0n) is 11.0. The monoisotopic (exact) mass is 260 g/mol. The lowest BCUT2D eigenvalue weighted by Gasteiger charge is -2.19. The molecule has 1 heterocycles. The van der Waals surface area contributed by atoms with Gasteiger partial charge < -0.3 is 10.0 Å². The molecule has 0 radical (unpaired) electrons. The number of anilines is 2. The second-order valence-corrected chi connectivity index (χ2v) is 4.40. The van der Waals surface area contributed by atoms with Crippen molar-refractivity contribution in [3.63, 3.8) is 0 Å². The van der Waals surface area contributed by atoms with Crippen molar-refractivity contribution in [2.75, 3.05) is 11.9 Å². The Labute approximate surface area is 112 Å². The van der Waals surface area contributed by atoms with E-state index in [1.807, 2.05) is 31.0 Å². The second kappa shape index (κ2) is 5.80. The van der Waals surface area contributed by atoms with Crippen LogP contribution in [0.4, 0.5) is 15.8 Å². The molecule has 19 heavy (non-hydrogen) atoms. The van der Waals surface area contributed by atoms with Crippen molar-refractivity contribution < 1.29 is 9.50 Å². The van der Waals surface area contributed by atoms with Gasteiger partial charge in [-0.15, -0.1) is 0 Å². The van der Waals surface area contributed by atoms with Crippen molar-refractivity contribution in [1.82, 2.24) is 4.98 Å². The number of pyridine rings is 1. The first-order valence-corrected chi connectivity index (χ1v) is 6.25. The van der Waals surface area contributed by atoms with E-state index < -0.39 is 6.10 Å². The Morgan fingerprint density at radius 2 is 2.05 bits per heavy atom. The number of halogens is 1. The third-order valence-corrected chi connectivity index (χ3v) is 3.08. The standard InChI is InChI=1S/C15H17FN2O/c1-3-15(19)14-8-7-13(10-17-14)18(2)12-6-4-5-11(16)9-12/h4-10,15,19H,3H2,1-2H3/t15-/m1/s1. The lowest BCUT2D eigenvalue weighted by Crippen LogP contribution is -2.10. The van der Waals surface area contributed by atoms with E-state index in [9.17, 15) is 9.50 Å². The molecule has 100 valence electrons. The van der Waals surface area contributed by atoms with Gasteiger partial charge in [-0.3, -0.25) is 4.98 Å². The average molecular weight is 260 g/mol. The highest BCUT2D eigenvalue weighted by atomic mass is 19.1. The lowest BCUT2D eigenvalue weighted by molar-refractivity contribution is 0.169. The number of aromatic nitrogens is 1. The predicted octanol–water partition coefficient (Wildman–Crippen LogP) is 3.43. The number of benzene rings is 1. The van der Waals surface area contributed by atoms with Crippen LogP contribution in [0.15, 0.2) is 42.6 Å². The minimum absolute atomic E-state index is 0.268. The van der Waals surface area contributed by atoms with Crippen LogP contribution in [-0.2, 0) is 0 Å². The minimum atomic E-state index is -0.534. The summed E-state index contributed by atoms with van der Waals surface area (Å²) in [5.74, 6) is -0.268. The summed E-state index contributed by atoms with van der Waals surface area (Å²) in [4.78, 5) is 6.08. The van der Waals surface area contributed by atoms with Crippen molar-refractivity contribution in [3.05, 3.63) is 54.1 Å². The molecule has 1 aromatic heterocycles. The van der Waals surface area contributed by atoms with E-state index in [1.165, 1.54) is 12.1 Å². The normalized spacial score (nSPS) is 12.2. The molecule has 0 aliphatic carbocycles. The second-order valence-electron chi connectivity index (χ2n) is 4.40. The van der Waals surface area contributed by atoms with Crippen LogP contribution in [-0.4, -0.2) is 17.1 Å². The van der Waals surface area contributed by atoms with Crippen LogP contribution in [0, 0.1) is 5.82 Å². The number of hydrogen-bond donors (Lipinski definition) is 1. The minimum Gasteiger partial charge on any atom is -0.387 e. The third kappa shape index (κ3) is 3.09. The molecule has 4 heteroatoms. The van der Waals surface area contributed by atoms with Gasteiger partial charge in [-0.25, -0.2) is 4.39 Å². The molecule has 2 rings (SSSR count). The molecule has 0 saturated carbocycles. The Morgan fingerprint density at radius 1 is 1.26 bits per heavy atom. The van der Waals surface area contributed by atoms with Crippen LogP contribution in [0.5, 0.6) is 0 Å². The Morgan fingerprint density at radius 3 is 2.63 bits per heavy atom. The molecule has 1 aromatic carbocycles. The molecule has 2 aromatic rings. The van der Waals surface area contributed by atoms with E-state index in [0.717, 1.165) is 11.4 Å². The average Bonchev–Trinajstić information content (AvgIpc) is 2.46. The maximum Gasteiger partial charge on any atom is 0.125 e. The van der Waals surface area contributed by atoms with Gasteiger partial charge in [0.1, 0.15) is 5.82 Å². The summed E-state index contributed by atoms with van der Waals surface area (Å²) in [6.07, 6.45) is 1.78. The highest BCUT2D eigenvalue weighted by molar-refractivity contribution is 5.61. The summed E-state index contributed by atoms with van der Waals surface area (Å²) in [5, 5.41) is 9.69. The quantitative estimate of drug-likeness (QED) is 0.915. The molecule has 0 amide bonds. The molecule has 1 N–H and O–H groups in total. The van der Waals surface area contributed by atoms with Gasteiger partial charge in [0.15, 0.2) is 0 Å². The fraction of sp³-hybridized carbons (Fsp3) is 0.267. The van der Waals surface area contributed by atoms with E-state index in [0.29, 0.717) is 12.1 Å². The topological polar surface area (TPSA) is 36.4 Å². The molecular weight excluding hydrogens is 243 g/mol. The summed E-state index contributed by atoms with van der Waals surface area (Å²) in [5.41, 5.74) is 2.25. The molecule has 0 aliphatic heterocycles. The van der Waals surface area contributed by atoms with Gasteiger partial charge in [-0.2, -0.15) is 0 Å². The molecule has 0 fully saturated rings. The SMILES string of the molecule is CC[C@@H](O)c1ccc(N(C)c2cccc(F)c2)cn1. The molecule has 0 saturated heterocycles. The molecule has 0 spiro atoms. The number of rotatable bonds is 4. The van der Waals surface area contributed by atoms with Crippen LogP contribution in [0.25, 0.3) is 0 Å². The highest BCUT2D eigenvalue weighted by Gasteiger charge is 2.09. The molecular formula is C15H17FN2O. The fourth-order valence-corrected chi connectivity index (χ4v) is 1.84. The summed E-state index contributed by atoms with van der Waals surface area (Å²) in [6, 6.07) is 10.0. The molecule has 0 aliphatic rings. The molecule has 3 nitrogen and oxygen atoms in total. The highest BCUT2D eigenvalue weighted by Crippen LogP contribution is 2.24. The smallest absolute Gasteiger partial charge is 0.125 e. The van der Waals surface area contributed by atoms with Crippen molar-refractivity contribution in [1.29, 1.82) is 0 Å². The van der Waals surface area contributed by atoms with Gasteiger partial charge in [-0.1, -0.05) is 13.0 Å². The lowest BCUT2D eigenvalue weighted by atomic mass is 10.2.